The van der Waals surface area contributed by atoms with E-state index in [4.69, 9.17) is 19.8 Å². The van der Waals surface area contributed by atoms with Gasteiger partial charge in [-0.05, 0) is 54.5 Å². The van der Waals surface area contributed by atoms with Gasteiger partial charge in [-0.25, -0.2) is 23.5 Å². The van der Waals surface area contributed by atoms with Gasteiger partial charge in [-0.2, -0.15) is 0 Å². The number of hydrogen-bond donors (Lipinski definition) is 2. The molecule has 1 aromatic carbocycles. The van der Waals surface area contributed by atoms with Crippen molar-refractivity contribution >= 4 is 32.3 Å². The molecule has 0 aliphatic carbocycles. The van der Waals surface area contributed by atoms with E-state index in [2.05, 4.69) is 21.9 Å². The molecule has 0 spiro atoms. The zero-order valence-electron chi connectivity index (χ0n) is 20.4. The number of anilines is 1. The lowest BCUT2D eigenvalue weighted by Gasteiger charge is -2.14. The highest BCUT2D eigenvalue weighted by molar-refractivity contribution is 7.89. The molecule has 3 aromatic heterocycles. The van der Waals surface area contributed by atoms with Gasteiger partial charge in [0.2, 0.25) is 10.0 Å². The van der Waals surface area contributed by atoms with Gasteiger partial charge in [-0.15, -0.1) is 0 Å². The summed E-state index contributed by atoms with van der Waals surface area (Å²) in [4.78, 5) is 17.7. The average molecular weight is 515 g/mol. The van der Waals surface area contributed by atoms with E-state index in [1.807, 2.05) is 61.5 Å². The first-order valence-electron chi connectivity index (χ1n) is 11.3. The van der Waals surface area contributed by atoms with E-state index >= 15 is 0 Å². The molecule has 9 nitrogen and oxygen atoms in total. The summed E-state index contributed by atoms with van der Waals surface area (Å²) >= 11 is 0. The number of allylic oxidation sites excluding steroid dienone is 4. The topological polar surface area (TPSA) is 133 Å². The molecule has 0 fully saturated rings. The zero-order valence-corrected chi connectivity index (χ0v) is 21.2. The van der Waals surface area contributed by atoms with Crippen molar-refractivity contribution < 1.29 is 13.2 Å². The maximum Gasteiger partial charge on any atom is 0.239 e. The smallest absolute Gasteiger partial charge is 0.239 e. The summed E-state index contributed by atoms with van der Waals surface area (Å²) in [6, 6.07) is 12.7. The van der Waals surface area contributed by atoms with Crippen LogP contribution in [-0.2, 0) is 21.3 Å². The molecule has 37 heavy (non-hydrogen) atoms. The van der Waals surface area contributed by atoms with Crippen molar-refractivity contribution in [3.63, 3.8) is 0 Å². The van der Waals surface area contributed by atoms with E-state index in [1.54, 1.807) is 13.3 Å². The molecule has 4 rings (SSSR count). The van der Waals surface area contributed by atoms with E-state index in [0.717, 1.165) is 22.2 Å². The van der Waals surface area contributed by atoms with Crippen molar-refractivity contribution in [2.24, 2.45) is 5.14 Å². The van der Waals surface area contributed by atoms with Crippen LogP contribution in [0.4, 0.5) is 5.82 Å². The van der Waals surface area contributed by atoms with Crippen molar-refractivity contribution in [3.8, 4) is 11.4 Å². The number of nitrogens with two attached hydrogens (primary N) is 1. The van der Waals surface area contributed by atoms with Crippen molar-refractivity contribution in [3.05, 3.63) is 103 Å². The predicted octanol–water partition coefficient (Wildman–Crippen LogP) is 4.47. The van der Waals surface area contributed by atoms with E-state index in [0.29, 0.717) is 35.0 Å². The number of nitrogens with one attached hydrogen (secondary N) is 1. The van der Waals surface area contributed by atoms with E-state index in [9.17, 15) is 8.42 Å². The second-order valence-corrected chi connectivity index (χ2v) is 9.54. The maximum absolute atomic E-state index is 11.9. The number of hydrogen-bond acceptors (Lipinski definition) is 8. The minimum atomic E-state index is -3.94. The Morgan fingerprint density at radius 2 is 1.97 bits per heavy atom. The van der Waals surface area contributed by atoms with Crippen LogP contribution in [0, 0.1) is 0 Å². The van der Waals surface area contributed by atoms with Crippen LogP contribution in [0.1, 0.15) is 18.2 Å². The summed E-state index contributed by atoms with van der Waals surface area (Å²) in [5.41, 5.74) is 3.43. The molecule has 3 heterocycles. The number of primary sulfonamides is 1. The molecular formula is C27H26N6O3S. The number of sulfonamides is 1. The fourth-order valence-corrected chi connectivity index (χ4v) is 4.13. The lowest BCUT2D eigenvalue weighted by molar-refractivity contribution is 0.306. The molecule has 0 radical (unpaired) electrons. The summed E-state index contributed by atoms with van der Waals surface area (Å²) in [7, 11) is -2.34. The number of pyridine rings is 2. The van der Waals surface area contributed by atoms with Crippen LogP contribution in [-0.4, -0.2) is 35.5 Å². The van der Waals surface area contributed by atoms with E-state index < -0.39 is 10.0 Å². The first-order chi connectivity index (χ1) is 17.8. The second kappa shape index (κ2) is 11.1. The fourth-order valence-electron chi connectivity index (χ4n) is 3.64. The number of rotatable bonds is 9. The van der Waals surface area contributed by atoms with Gasteiger partial charge in [0, 0.05) is 24.2 Å². The van der Waals surface area contributed by atoms with Crippen LogP contribution in [0.25, 0.3) is 27.9 Å². The molecule has 10 heteroatoms. The van der Waals surface area contributed by atoms with Gasteiger partial charge >= 0.3 is 0 Å². The summed E-state index contributed by atoms with van der Waals surface area (Å²) in [6.45, 7) is 6.53. The minimum Gasteiger partial charge on any atom is -0.497 e. The first kappa shape index (κ1) is 25.7. The summed E-state index contributed by atoms with van der Waals surface area (Å²) in [6.07, 6.45) is 9.95. The highest BCUT2D eigenvalue weighted by atomic mass is 32.2. The first-order valence-corrected chi connectivity index (χ1v) is 12.8. The third kappa shape index (κ3) is 6.05. The van der Waals surface area contributed by atoms with Crippen LogP contribution >= 0.6 is 0 Å². The molecule has 0 unspecified atom stereocenters. The molecule has 4 aromatic rings. The number of methoxy groups -OCH3 is 1. The van der Waals surface area contributed by atoms with Gasteiger partial charge in [0.15, 0.2) is 5.82 Å². The minimum absolute atomic E-state index is 0.123. The number of aromatic nitrogens is 4. The Bertz CT molecular complexity index is 1620. The standard InChI is InChI=1S/C27H26N6O3S/c1-4-21(36-3)12-11-18(2)23-9-7-10-24-25(23)27(31-16-20-8-5-6-13-30-20)33-26(32-24)19-14-22(17-29-15-19)37(28,34)35/h4-15,17H,2,16H2,1,3H3,(H2,28,34,35)(H,31,32,33)/b12-11-,21-4+. The quantitative estimate of drug-likeness (QED) is 0.247. The number of ether oxygens (including phenoxy) is 1. The number of nitrogens with zero attached hydrogens (tertiary/aromatic N) is 4. The third-order valence-corrected chi connectivity index (χ3v) is 6.38. The van der Waals surface area contributed by atoms with E-state index in [1.165, 1.54) is 18.5 Å². The summed E-state index contributed by atoms with van der Waals surface area (Å²) < 4.78 is 29.1. The third-order valence-electron chi connectivity index (χ3n) is 5.50. The Morgan fingerprint density at radius 1 is 1.14 bits per heavy atom. The molecule has 3 N–H and O–H groups in total. The fraction of sp³-hybridized carbons (Fsp3) is 0.111. The molecule has 0 aliphatic heterocycles. The highest BCUT2D eigenvalue weighted by Gasteiger charge is 2.16. The van der Waals surface area contributed by atoms with Gasteiger partial charge in [0.25, 0.3) is 0 Å². The Labute approximate surface area is 215 Å². The van der Waals surface area contributed by atoms with Crippen molar-refractivity contribution in [1.29, 1.82) is 0 Å². The lowest BCUT2D eigenvalue weighted by Crippen LogP contribution is -2.12. The van der Waals surface area contributed by atoms with Crippen molar-refractivity contribution in [2.75, 3.05) is 12.4 Å². The van der Waals surface area contributed by atoms with Crippen LogP contribution in [0.3, 0.4) is 0 Å². The molecule has 0 saturated carbocycles. The largest absolute Gasteiger partial charge is 0.497 e. The normalized spacial score (nSPS) is 12.1. The Hall–Kier alpha value is -4.41. The predicted molar refractivity (Wildman–Crippen MR) is 145 cm³/mol. The monoisotopic (exact) mass is 514 g/mol. The zero-order chi connectivity index (χ0) is 26.4. The van der Waals surface area contributed by atoms with Gasteiger partial charge < -0.3 is 10.1 Å². The van der Waals surface area contributed by atoms with Gasteiger partial charge in [0.1, 0.15) is 16.5 Å². The number of benzene rings is 1. The molecule has 0 bridgehead atoms. The summed E-state index contributed by atoms with van der Waals surface area (Å²) in [5.74, 6) is 1.54. The van der Waals surface area contributed by atoms with Gasteiger partial charge in [0.05, 0.1) is 30.3 Å². The SMILES string of the molecule is C=C(/C=C\C(=C/C)OC)c1cccc2nc(-c3cncc(S(N)(=O)=O)c3)nc(NCc3ccccn3)c12. The number of fused-ring (bicyclic) bond motifs is 1. The van der Waals surface area contributed by atoms with Crippen molar-refractivity contribution in [1.82, 2.24) is 19.9 Å². The van der Waals surface area contributed by atoms with Gasteiger partial charge in [-0.3, -0.25) is 9.97 Å². The highest BCUT2D eigenvalue weighted by Crippen LogP contribution is 2.32. The molecule has 0 aliphatic rings. The summed E-state index contributed by atoms with van der Waals surface area (Å²) in [5, 5.41) is 9.42. The Morgan fingerprint density at radius 3 is 2.68 bits per heavy atom. The second-order valence-electron chi connectivity index (χ2n) is 7.98. The lowest BCUT2D eigenvalue weighted by atomic mass is 10.0. The Kier molecular flexibility index (Phi) is 7.71. The van der Waals surface area contributed by atoms with Crippen molar-refractivity contribution in [2.45, 2.75) is 18.4 Å². The van der Waals surface area contributed by atoms with Crippen LogP contribution in [0.15, 0.2) is 96.5 Å². The van der Waals surface area contributed by atoms with E-state index in [-0.39, 0.29) is 4.90 Å². The molecular weight excluding hydrogens is 488 g/mol. The molecule has 0 amide bonds. The van der Waals surface area contributed by atoms with Crippen LogP contribution < -0.4 is 10.5 Å². The average Bonchev–Trinajstić information content (AvgIpc) is 2.91. The molecule has 0 atom stereocenters. The molecule has 188 valence electrons. The molecule has 0 saturated heterocycles. The maximum atomic E-state index is 11.9. The Balaban J connectivity index is 1.86. The van der Waals surface area contributed by atoms with Gasteiger partial charge in [-0.1, -0.05) is 30.9 Å². The van der Waals surface area contributed by atoms with Crippen LogP contribution in [0.5, 0.6) is 0 Å². The van der Waals surface area contributed by atoms with Crippen LogP contribution in [0.2, 0.25) is 0 Å².